The first-order valence-electron chi connectivity index (χ1n) is 6.64. The van der Waals surface area contributed by atoms with Gasteiger partial charge in [-0.1, -0.05) is 23.7 Å². The summed E-state index contributed by atoms with van der Waals surface area (Å²) in [5, 5.41) is 0.653. The molecule has 0 radical (unpaired) electrons. The summed E-state index contributed by atoms with van der Waals surface area (Å²) >= 11 is 5.84. The van der Waals surface area contributed by atoms with E-state index < -0.39 is 0 Å². The number of hydrogen-bond acceptors (Lipinski definition) is 3. The summed E-state index contributed by atoms with van der Waals surface area (Å²) in [5.41, 5.74) is 1.42. The maximum atomic E-state index is 12.3. The number of carbonyl (C=O) groups excluding carboxylic acids is 1. The molecule has 3 rings (SSSR count). The quantitative estimate of drug-likeness (QED) is 0.790. The summed E-state index contributed by atoms with van der Waals surface area (Å²) in [6.07, 6.45) is 1.71. The van der Waals surface area contributed by atoms with Crippen LogP contribution in [0.2, 0.25) is 5.02 Å². The summed E-state index contributed by atoms with van der Waals surface area (Å²) in [7, 11) is 0. The fraction of sp³-hybridized carbons (Fsp3) is 0.118. The van der Waals surface area contributed by atoms with Gasteiger partial charge in [-0.15, -0.1) is 0 Å². The number of allylic oxidation sites excluding steroid dienone is 1. The van der Waals surface area contributed by atoms with Crippen molar-refractivity contribution >= 4 is 23.5 Å². The lowest BCUT2D eigenvalue weighted by Crippen LogP contribution is -1.97. The topological polar surface area (TPSA) is 35.5 Å². The molecule has 0 unspecified atom stereocenters. The lowest BCUT2D eigenvalue weighted by atomic mass is 10.1. The molecule has 2 aromatic rings. The van der Waals surface area contributed by atoms with Crippen molar-refractivity contribution in [3.63, 3.8) is 0 Å². The minimum absolute atomic E-state index is 0.122. The molecule has 0 bridgehead atoms. The average molecular weight is 301 g/mol. The number of rotatable bonds is 3. The van der Waals surface area contributed by atoms with Gasteiger partial charge in [0.2, 0.25) is 5.78 Å². The van der Waals surface area contributed by atoms with Gasteiger partial charge in [0.1, 0.15) is 11.5 Å². The smallest absolute Gasteiger partial charge is 0.231 e. The number of fused-ring (bicyclic) bond motifs is 1. The minimum Gasteiger partial charge on any atom is -0.494 e. The van der Waals surface area contributed by atoms with Crippen molar-refractivity contribution in [2.75, 3.05) is 6.61 Å². The SMILES string of the molecule is CCOc1ccc2c(c1)OC(=Cc1ccc(Cl)cc1)C2=O. The Morgan fingerprint density at radius 2 is 1.95 bits per heavy atom. The second-order valence-corrected chi connectivity index (χ2v) is 5.02. The monoisotopic (exact) mass is 300 g/mol. The second-order valence-electron chi connectivity index (χ2n) is 4.58. The van der Waals surface area contributed by atoms with Crippen molar-refractivity contribution < 1.29 is 14.3 Å². The van der Waals surface area contributed by atoms with Crippen LogP contribution in [0.25, 0.3) is 6.08 Å². The molecule has 0 spiro atoms. The summed E-state index contributed by atoms with van der Waals surface area (Å²) in [4.78, 5) is 12.3. The molecule has 3 nitrogen and oxygen atoms in total. The van der Waals surface area contributed by atoms with E-state index in [2.05, 4.69) is 0 Å². The van der Waals surface area contributed by atoms with E-state index >= 15 is 0 Å². The number of ketones is 1. The van der Waals surface area contributed by atoms with Gasteiger partial charge in [0.25, 0.3) is 0 Å². The summed E-state index contributed by atoms with van der Waals surface area (Å²) in [6, 6.07) is 12.4. The molecule has 4 heteroatoms. The van der Waals surface area contributed by atoms with Crippen LogP contribution in [-0.2, 0) is 0 Å². The van der Waals surface area contributed by atoms with E-state index in [1.165, 1.54) is 0 Å². The highest BCUT2D eigenvalue weighted by Crippen LogP contribution is 2.34. The van der Waals surface area contributed by atoms with Gasteiger partial charge in [0.05, 0.1) is 12.2 Å². The fourth-order valence-electron chi connectivity index (χ4n) is 2.13. The van der Waals surface area contributed by atoms with Gasteiger partial charge in [-0.05, 0) is 42.8 Å². The molecule has 0 fully saturated rings. The molecule has 21 heavy (non-hydrogen) atoms. The average Bonchev–Trinajstić information content (AvgIpc) is 2.78. The normalized spacial score (nSPS) is 15.0. The van der Waals surface area contributed by atoms with E-state index in [-0.39, 0.29) is 5.78 Å². The molecule has 0 aromatic heterocycles. The number of ether oxygens (including phenoxy) is 2. The van der Waals surface area contributed by atoms with Crippen molar-refractivity contribution in [2.24, 2.45) is 0 Å². The van der Waals surface area contributed by atoms with E-state index in [0.29, 0.717) is 34.5 Å². The minimum atomic E-state index is -0.122. The highest BCUT2D eigenvalue weighted by atomic mass is 35.5. The Balaban J connectivity index is 1.90. The molecule has 0 atom stereocenters. The molecule has 1 aliphatic rings. The molecule has 0 amide bonds. The van der Waals surface area contributed by atoms with Gasteiger partial charge in [-0.3, -0.25) is 4.79 Å². The van der Waals surface area contributed by atoms with Crippen molar-refractivity contribution in [3.05, 3.63) is 64.4 Å². The largest absolute Gasteiger partial charge is 0.494 e. The van der Waals surface area contributed by atoms with Crippen LogP contribution in [0.3, 0.4) is 0 Å². The van der Waals surface area contributed by atoms with E-state index in [4.69, 9.17) is 21.1 Å². The maximum Gasteiger partial charge on any atom is 0.231 e. The molecular formula is C17H13ClO3. The molecule has 1 aliphatic heterocycles. The van der Waals surface area contributed by atoms with Crippen LogP contribution >= 0.6 is 11.6 Å². The fourth-order valence-corrected chi connectivity index (χ4v) is 2.26. The Kier molecular flexibility index (Phi) is 3.67. The van der Waals surface area contributed by atoms with Crippen molar-refractivity contribution in [3.8, 4) is 11.5 Å². The maximum absolute atomic E-state index is 12.3. The van der Waals surface area contributed by atoms with Gasteiger partial charge in [-0.2, -0.15) is 0 Å². The third-order valence-corrected chi connectivity index (χ3v) is 3.37. The molecule has 0 N–H and O–H groups in total. The Morgan fingerprint density at radius 1 is 1.19 bits per heavy atom. The number of carbonyl (C=O) groups is 1. The van der Waals surface area contributed by atoms with E-state index in [1.807, 2.05) is 19.1 Å². The van der Waals surface area contributed by atoms with Gasteiger partial charge < -0.3 is 9.47 Å². The lowest BCUT2D eigenvalue weighted by molar-refractivity contribution is 0.101. The van der Waals surface area contributed by atoms with Crippen LogP contribution < -0.4 is 9.47 Å². The third-order valence-electron chi connectivity index (χ3n) is 3.12. The van der Waals surface area contributed by atoms with Crippen molar-refractivity contribution in [1.82, 2.24) is 0 Å². The second kappa shape index (κ2) is 5.62. The predicted octanol–water partition coefficient (Wildman–Crippen LogP) is 4.35. The van der Waals surface area contributed by atoms with Crippen LogP contribution in [0.4, 0.5) is 0 Å². The number of hydrogen-bond donors (Lipinski definition) is 0. The van der Waals surface area contributed by atoms with Crippen LogP contribution in [0.5, 0.6) is 11.5 Å². The molecule has 2 aromatic carbocycles. The third kappa shape index (κ3) is 2.78. The van der Waals surface area contributed by atoms with Gasteiger partial charge in [0, 0.05) is 11.1 Å². The first kappa shape index (κ1) is 13.7. The molecule has 1 heterocycles. The van der Waals surface area contributed by atoms with E-state index in [0.717, 1.165) is 5.56 Å². The zero-order valence-electron chi connectivity index (χ0n) is 11.4. The molecule has 0 saturated carbocycles. The van der Waals surface area contributed by atoms with E-state index in [1.54, 1.807) is 36.4 Å². The van der Waals surface area contributed by atoms with E-state index in [9.17, 15) is 4.79 Å². The molecular weight excluding hydrogens is 288 g/mol. The number of Topliss-reactive ketones (excluding diaryl/α,β-unsaturated/α-hetero) is 1. The molecule has 0 saturated heterocycles. The Labute approximate surface area is 127 Å². The number of benzene rings is 2. The zero-order valence-corrected chi connectivity index (χ0v) is 12.2. The Bertz CT molecular complexity index is 717. The highest BCUT2D eigenvalue weighted by molar-refractivity contribution is 6.30. The molecule has 106 valence electrons. The summed E-state index contributed by atoms with van der Waals surface area (Å²) in [6.45, 7) is 2.48. The van der Waals surface area contributed by atoms with Gasteiger partial charge in [0.15, 0.2) is 5.76 Å². The highest BCUT2D eigenvalue weighted by Gasteiger charge is 2.27. The summed E-state index contributed by atoms with van der Waals surface area (Å²) in [5.74, 6) is 1.41. The van der Waals surface area contributed by atoms with Crippen LogP contribution in [0.1, 0.15) is 22.8 Å². The number of halogens is 1. The van der Waals surface area contributed by atoms with Crippen LogP contribution in [0, 0.1) is 0 Å². The lowest BCUT2D eigenvalue weighted by Gasteiger charge is -2.03. The van der Waals surface area contributed by atoms with Crippen molar-refractivity contribution in [2.45, 2.75) is 6.92 Å². The first-order valence-corrected chi connectivity index (χ1v) is 7.02. The standard InChI is InChI=1S/C17H13ClO3/c1-2-20-13-7-8-14-15(10-13)21-16(17(14)19)9-11-3-5-12(18)6-4-11/h3-10H,2H2,1H3. The van der Waals surface area contributed by atoms with Crippen LogP contribution in [0.15, 0.2) is 48.2 Å². The predicted molar refractivity (Wildman–Crippen MR) is 82.0 cm³/mol. The summed E-state index contributed by atoms with van der Waals surface area (Å²) < 4.78 is 11.0. The first-order chi connectivity index (χ1) is 10.2. The van der Waals surface area contributed by atoms with Crippen molar-refractivity contribution in [1.29, 1.82) is 0 Å². The van der Waals surface area contributed by atoms with Crippen LogP contribution in [-0.4, -0.2) is 12.4 Å². The van der Waals surface area contributed by atoms with Gasteiger partial charge in [-0.25, -0.2) is 0 Å². The Morgan fingerprint density at radius 3 is 2.67 bits per heavy atom. The Hall–Kier alpha value is -2.26. The van der Waals surface area contributed by atoms with Gasteiger partial charge >= 0.3 is 0 Å². The molecule has 0 aliphatic carbocycles. The zero-order chi connectivity index (χ0) is 14.8.